The number of ether oxygens (including phenoxy) is 3. The fraction of sp³-hybridized carbons (Fsp3) is 0.619. The lowest BCUT2D eigenvalue weighted by atomic mass is 9.72. The predicted octanol–water partition coefficient (Wildman–Crippen LogP) is 5.31. The van der Waals surface area contributed by atoms with E-state index in [-0.39, 0.29) is 17.1 Å². The van der Waals surface area contributed by atoms with Crippen LogP contribution >= 0.6 is 0 Å². The van der Waals surface area contributed by atoms with Gasteiger partial charge in [0.25, 0.3) is 0 Å². The second kappa shape index (κ2) is 7.60. The van der Waals surface area contributed by atoms with Crippen LogP contribution < -0.4 is 0 Å². The largest absolute Gasteiger partial charge is 0.500 e. The molecule has 0 N–H and O–H groups in total. The summed E-state index contributed by atoms with van der Waals surface area (Å²) in [6.07, 6.45) is 13.4. The Bertz CT molecular complexity index is 531. The zero-order valence-corrected chi connectivity index (χ0v) is 15.9. The van der Waals surface area contributed by atoms with Gasteiger partial charge in [0, 0.05) is 0 Å². The summed E-state index contributed by atoms with van der Waals surface area (Å²) in [6.45, 7) is 10.4. The molecule has 0 amide bonds. The molecule has 24 heavy (non-hydrogen) atoms. The molecule has 3 nitrogen and oxygen atoms in total. The normalized spacial score (nSPS) is 27.6. The van der Waals surface area contributed by atoms with Crippen molar-refractivity contribution in [1.29, 1.82) is 0 Å². The first-order chi connectivity index (χ1) is 11.4. The fourth-order valence-corrected chi connectivity index (χ4v) is 3.81. The Balaban J connectivity index is 2.15. The Morgan fingerprint density at radius 3 is 2.42 bits per heavy atom. The molecule has 1 fully saturated rings. The standard InChI is InChI=1S/C21H32O3/c1-7-13-21(17(22-5)11-8-12-18(21)23-6)15-19-20(4,24-19)14-9-10-16(2)3/h7,10-12,19H,1,8-9,13-15H2,2-6H3/t19-,20-/m0/s1. The minimum absolute atomic E-state index is 0.0464. The number of allylic oxidation sites excluding steroid dienone is 5. The molecule has 0 spiro atoms. The molecule has 1 aliphatic carbocycles. The van der Waals surface area contributed by atoms with E-state index in [2.05, 4.69) is 45.6 Å². The summed E-state index contributed by atoms with van der Waals surface area (Å²) in [5, 5.41) is 0. The van der Waals surface area contributed by atoms with Gasteiger partial charge in [-0.25, -0.2) is 0 Å². The third-order valence-corrected chi connectivity index (χ3v) is 5.24. The maximum absolute atomic E-state index is 6.12. The Kier molecular flexibility index (Phi) is 5.97. The number of hydrogen-bond donors (Lipinski definition) is 0. The SMILES string of the molecule is C=CCC1(C[C@@H]2O[C@@]2(C)CCC=C(C)C)C(OC)=CCC=C1OC. The van der Waals surface area contributed by atoms with Crippen molar-refractivity contribution in [3.63, 3.8) is 0 Å². The summed E-state index contributed by atoms with van der Waals surface area (Å²) < 4.78 is 17.6. The van der Waals surface area contributed by atoms with Gasteiger partial charge in [-0.1, -0.05) is 17.7 Å². The molecule has 0 radical (unpaired) electrons. The van der Waals surface area contributed by atoms with Crippen LogP contribution in [0.2, 0.25) is 0 Å². The van der Waals surface area contributed by atoms with Crippen molar-refractivity contribution >= 4 is 0 Å². The Morgan fingerprint density at radius 2 is 1.92 bits per heavy atom. The van der Waals surface area contributed by atoms with E-state index < -0.39 is 0 Å². The van der Waals surface area contributed by atoms with Crippen molar-refractivity contribution in [1.82, 2.24) is 0 Å². The molecule has 0 saturated carbocycles. The average molecular weight is 332 g/mol. The van der Waals surface area contributed by atoms with Gasteiger partial charge < -0.3 is 14.2 Å². The van der Waals surface area contributed by atoms with Gasteiger partial charge in [-0.05, 0) is 65.0 Å². The zero-order valence-electron chi connectivity index (χ0n) is 15.9. The predicted molar refractivity (Wildman–Crippen MR) is 98.6 cm³/mol. The molecule has 0 unspecified atom stereocenters. The number of methoxy groups -OCH3 is 2. The number of epoxide rings is 1. The highest BCUT2D eigenvalue weighted by Gasteiger charge is 2.56. The molecule has 2 atom stereocenters. The Labute approximate surface area is 147 Å². The summed E-state index contributed by atoms with van der Waals surface area (Å²) in [6, 6.07) is 0. The van der Waals surface area contributed by atoms with E-state index >= 15 is 0 Å². The molecule has 0 aromatic rings. The van der Waals surface area contributed by atoms with Crippen LogP contribution in [0.4, 0.5) is 0 Å². The maximum atomic E-state index is 6.12. The topological polar surface area (TPSA) is 31.0 Å². The molecule has 2 rings (SSSR count). The van der Waals surface area contributed by atoms with Crippen LogP contribution in [0.15, 0.2) is 48.0 Å². The minimum atomic E-state index is -0.289. The smallest absolute Gasteiger partial charge is 0.106 e. The van der Waals surface area contributed by atoms with Gasteiger partial charge in [0.05, 0.1) is 31.3 Å². The molecule has 0 aromatic heterocycles. The highest BCUT2D eigenvalue weighted by atomic mass is 16.6. The van der Waals surface area contributed by atoms with E-state index in [9.17, 15) is 0 Å². The van der Waals surface area contributed by atoms with Gasteiger partial charge in [0.15, 0.2) is 0 Å². The monoisotopic (exact) mass is 332 g/mol. The summed E-state index contributed by atoms with van der Waals surface area (Å²) >= 11 is 0. The van der Waals surface area contributed by atoms with Crippen molar-refractivity contribution in [2.24, 2.45) is 5.41 Å². The Morgan fingerprint density at radius 1 is 1.29 bits per heavy atom. The lowest BCUT2D eigenvalue weighted by Gasteiger charge is -2.37. The summed E-state index contributed by atoms with van der Waals surface area (Å²) in [5.41, 5.74) is 1.03. The lowest BCUT2D eigenvalue weighted by Crippen LogP contribution is -2.32. The molecule has 134 valence electrons. The van der Waals surface area contributed by atoms with Crippen molar-refractivity contribution in [3.05, 3.63) is 48.0 Å². The van der Waals surface area contributed by atoms with Crippen LogP contribution in [0.5, 0.6) is 0 Å². The third-order valence-electron chi connectivity index (χ3n) is 5.24. The van der Waals surface area contributed by atoms with Crippen LogP contribution in [0.25, 0.3) is 0 Å². The van der Waals surface area contributed by atoms with Gasteiger partial charge in [-0.2, -0.15) is 0 Å². The highest BCUT2D eigenvalue weighted by molar-refractivity contribution is 5.31. The molecular formula is C21H32O3. The van der Waals surface area contributed by atoms with Gasteiger partial charge in [-0.3, -0.25) is 0 Å². The molecule has 0 bridgehead atoms. The van der Waals surface area contributed by atoms with E-state index in [4.69, 9.17) is 14.2 Å². The maximum Gasteiger partial charge on any atom is 0.106 e. The van der Waals surface area contributed by atoms with Crippen molar-refractivity contribution in [2.45, 2.75) is 64.6 Å². The van der Waals surface area contributed by atoms with Crippen molar-refractivity contribution in [2.75, 3.05) is 14.2 Å². The second-order valence-corrected chi connectivity index (χ2v) is 7.30. The first kappa shape index (κ1) is 18.9. The summed E-state index contributed by atoms with van der Waals surface area (Å²) in [5.74, 6) is 1.95. The number of hydrogen-bond acceptors (Lipinski definition) is 3. The van der Waals surface area contributed by atoms with Gasteiger partial charge in [0.2, 0.25) is 0 Å². The van der Waals surface area contributed by atoms with E-state index in [0.29, 0.717) is 0 Å². The van der Waals surface area contributed by atoms with Gasteiger partial charge >= 0.3 is 0 Å². The van der Waals surface area contributed by atoms with E-state index in [0.717, 1.165) is 43.6 Å². The van der Waals surface area contributed by atoms with Crippen LogP contribution in [-0.2, 0) is 14.2 Å². The van der Waals surface area contributed by atoms with Gasteiger partial charge in [-0.15, -0.1) is 6.58 Å². The minimum Gasteiger partial charge on any atom is -0.500 e. The molecular weight excluding hydrogens is 300 g/mol. The lowest BCUT2D eigenvalue weighted by molar-refractivity contribution is 0.106. The molecule has 0 aromatic carbocycles. The quantitative estimate of drug-likeness (QED) is 0.423. The van der Waals surface area contributed by atoms with Crippen LogP contribution in [0.3, 0.4) is 0 Å². The zero-order chi connectivity index (χ0) is 17.8. The van der Waals surface area contributed by atoms with Crippen LogP contribution in [0, 0.1) is 5.41 Å². The first-order valence-electron chi connectivity index (χ1n) is 8.83. The van der Waals surface area contributed by atoms with Crippen LogP contribution in [0.1, 0.15) is 52.9 Å². The summed E-state index contributed by atoms with van der Waals surface area (Å²) in [4.78, 5) is 0. The summed E-state index contributed by atoms with van der Waals surface area (Å²) in [7, 11) is 3.48. The number of rotatable bonds is 9. The van der Waals surface area contributed by atoms with E-state index in [1.807, 2.05) is 6.08 Å². The Hall–Kier alpha value is -1.48. The highest BCUT2D eigenvalue weighted by Crippen LogP contribution is 2.54. The molecule has 1 aliphatic heterocycles. The molecule has 1 saturated heterocycles. The van der Waals surface area contributed by atoms with Crippen molar-refractivity contribution < 1.29 is 14.2 Å². The van der Waals surface area contributed by atoms with Gasteiger partial charge in [0.1, 0.15) is 11.5 Å². The molecule has 2 aliphatic rings. The second-order valence-electron chi connectivity index (χ2n) is 7.30. The van der Waals surface area contributed by atoms with E-state index in [1.54, 1.807) is 14.2 Å². The molecule has 1 heterocycles. The average Bonchev–Trinajstić information content (AvgIpc) is 3.16. The van der Waals surface area contributed by atoms with E-state index in [1.165, 1.54) is 5.57 Å². The third kappa shape index (κ3) is 3.77. The van der Waals surface area contributed by atoms with Crippen LogP contribution in [-0.4, -0.2) is 25.9 Å². The fourth-order valence-electron chi connectivity index (χ4n) is 3.81. The van der Waals surface area contributed by atoms with Crippen molar-refractivity contribution in [3.8, 4) is 0 Å². The first-order valence-corrected chi connectivity index (χ1v) is 8.83. The molecule has 3 heteroatoms.